The molecule has 0 fully saturated rings. The molecule has 6 heteroatoms. The van der Waals surface area contributed by atoms with Crippen molar-refractivity contribution in [3.05, 3.63) is 70.2 Å². The molecule has 4 nitrogen and oxygen atoms in total. The summed E-state index contributed by atoms with van der Waals surface area (Å²) in [7, 11) is 1.77. The molecule has 2 aromatic carbocycles. The lowest BCUT2D eigenvalue weighted by molar-refractivity contribution is -0.132. The number of halogens is 1. The van der Waals surface area contributed by atoms with Crippen LogP contribution in [-0.4, -0.2) is 41.8 Å². The summed E-state index contributed by atoms with van der Waals surface area (Å²) in [5.74, 6) is 0.334. The molecule has 0 spiro atoms. The van der Waals surface area contributed by atoms with Gasteiger partial charge in [-0.15, -0.1) is 0 Å². The van der Waals surface area contributed by atoms with E-state index < -0.39 is 6.04 Å². The monoisotopic (exact) mass is 446 g/mol. The molecule has 0 saturated carbocycles. The van der Waals surface area contributed by atoms with Gasteiger partial charge in [0.15, 0.2) is 0 Å². The molecule has 2 amide bonds. The normalized spacial score (nSPS) is 12.3. The van der Waals surface area contributed by atoms with Crippen molar-refractivity contribution in [1.82, 2.24) is 10.2 Å². The predicted molar refractivity (Wildman–Crippen MR) is 127 cm³/mol. The fourth-order valence-corrected chi connectivity index (χ4v) is 3.80. The minimum Gasteiger partial charge on any atom is -0.340 e. The van der Waals surface area contributed by atoms with E-state index in [2.05, 4.69) is 50.4 Å². The Morgan fingerprint density at radius 3 is 2.30 bits per heavy atom. The SMILES string of the molecule is CSCCC(NC(=O)c1ccccc1Cl)C(=O)N(C)Cc1ccc(C(C)(C)C)cc1. The fourth-order valence-electron chi connectivity index (χ4n) is 3.10. The number of nitrogens with one attached hydrogen (secondary N) is 1. The first kappa shape index (κ1) is 24.3. The van der Waals surface area contributed by atoms with Crippen molar-refractivity contribution in [3.8, 4) is 0 Å². The van der Waals surface area contributed by atoms with E-state index >= 15 is 0 Å². The van der Waals surface area contributed by atoms with E-state index in [-0.39, 0.29) is 17.2 Å². The molecule has 162 valence electrons. The van der Waals surface area contributed by atoms with Crippen LogP contribution in [0.15, 0.2) is 48.5 Å². The van der Waals surface area contributed by atoms with Gasteiger partial charge in [-0.2, -0.15) is 11.8 Å². The highest BCUT2D eigenvalue weighted by molar-refractivity contribution is 7.98. The molecule has 0 aliphatic rings. The number of amides is 2. The number of likely N-dealkylation sites (N-methyl/N-ethyl adjacent to an activating group) is 1. The summed E-state index contributed by atoms with van der Waals surface area (Å²) >= 11 is 7.79. The van der Waals surface area contributed by atoms with Crippen LogP contribution in [0.5, 0.6) is 0 Å². The molecular weight excluding hydrogens is 416 g/mol. The van der Waals surface area contributed by atoms with Crippen LogP contribution in [-0.2, 0) is 16.8 Å². The number of nitrogens with zero attached hydrogens (tertiary/aromatic N) is 1. The Morgan fingerprint density at radius 1 is 1.10 bits per heavy atom. The summed E-state index contributed by atoms with van der Waals surface area (Å²) in [4.78, 5) is 27.5. The smallest absolute Gasteiger partial charge is 0.253 e. The van der Waals surface area contributed by atoms with Crippen molar-refractivity contribution < 1.29 is 9.59 Å². The molecule has 0 aliphatic carbocycles. The molecule has 0 aromatic heterocycles. The topological polar surface area (TPSA) is 49.4 Å². The fraction of sp³-hybridized carbons (Fsp3) is 0.417. The second-order valence-corrected chi connectivity index (χ2v) is 9.82. The second kappa shape index (κ2) is 10.9. The van der Waals surface area contributed by atoms with Crippen LogP contribution < -0.4 is 5.32 Å². The van der Waals surface area contributed by atoms with Gasteiger partial charge in [0.25, 0.3) is 5.91 Å². The first-order valence-corrected chi connectivity index (χ1v) is 11.8. The molecular formula is C24H31ClN2O2S. The van der Waals surface area contributed by atoms with Crippen molar-refractivity contribution in [2.75, 3.05) is 19.1 Å². The van der Waals surface area contributed by atoms with Crippen molar-refractivity contribution in [2.24, 2.45) is 0 Å². The first-order valence-electron chi connectivity index (χ1n) is 10.0. The Hall–Kier alpha value is -1.98. The van der Waals surface area contributed by atoms with Crippen LogP contribution in [0.4, 0.5) is 0 Å². The minimum absolute atomic E-state index is 0.0894. The Kier molecular flexibility index (Phi) is 8.80. The Bertz CT molecular complexity index is 862. The van der Waals surface area contributed by atoms with Gasteiger partial charge in [-0.1, -0.05) is 68.8 Å². The molecule has 0 bridgehead atoms. The molecule has 0 aliphatic heterocycles. The lowest BCUT2D eigenvalue weighted by atomic mass is 9.87. The van der Waals surface area contributed by atoms with Crippen molar-refractivity contribution in [1.29, 1.82) is 0 Å². The van der Waals surface area contributed by atoms with E-state index in [9.17, 15) is 9.59 Å². The quantitative estimate of drug-likeness (QED) is 0.610. The van der Waals surface area contributed by atoms with E-state index in [1.807, 2.05) is 6.26 Å². The average molecular weight is 447 g/mol. The van der Waals surface area contributed by atoms with Crippen LogP contribution in [0.2, 0.25) is 5.02 Å². The van der Waals surface area contributed by atoms with E-state index in [4.69, 9.17) is 11.6 Å². The second-order valence-electron chi connectivity index (χ2n) is 8.43. The van der Waals surface area contributed by atoms with Gasteiger partial charge in [0.05, 0.1) is 10.6 Å². The van der Waals surface area contributed by atoms with Crippen LogP contribution in [0, 0.1) is 0 Å². The third-order valence-corrected chi connectivity index (χ3v) is 5.92. The number of rotatable bonds is 8. The first-order chi connectivity index (χ1) is 14.1. The van der Waals surface area contributed by atoms with Gasteiger partial charge in [0.2, 0.25) is 5.91 Å². The Morgan fingerprint density at radius 2 is 1.73 bits per heavy atom. The summed E-state index contributed by atoms with van der Waals surface area (Å²) in [5.41, 5.74) is 2.78. The van der Waals surface area contributed by atoms with Gasteiger partial charge in [-0.05, 0) is 47.1 Å². The summed E-state index contributed by atoms with van der Waals surface area (Å²) in [6.45, 7) is 7.02. The van der Waals surface area contributed by atoms with E-state index in [1.165, 1.54) is 5.56 Å². The highest BCUT2D eigenvalue weighted by Crippen LogP contribution is 2.22. The van der Waals surface area contributed by atoms with Gasteiger partial charge in [0.1, 0.15) is 6.04 Å². The number of hydrogen-bond acceptors (Lipinski definition) is 3. The zero-order valence-corrected chi connectivity index (χ0v) is 19.9. The van der Waals surface area contributed by atoms with E-state index in [0.717, 1.165) is 11.3 Å². The zero-order valence-electron chi connectivity index (χ0n) is 18.4. The van der Waals surface area contributed by atoms with Crippen LogP contribution in [0.3, 0.4) is 0 Å². The van der Waals surface area contributed by atoms with Gasteiger partial charge >= 0.3 is 0 Å². The summed E-state index contributed by atoms with van der Waals surface area (Å²) in [6, 6.07) is 14.6. The standard InChI is InChI=1S/C24H31ClN2O2S/c1-24(2,3)18-12-10-17(11-13-18)16-27(4)23(29)21(14-15-30-5)26-22(28)19-8-6-7-9-20(19)25/h6-13,21H,14-16H2,1-5H3,(H,26,28). The molecule has 0 saturated heterocycles. The number of carbonyl (C=O) groups excluding carboxylic acids is 2. The van der Waals surface area contributed by atoms with E-state index in [1.54, 1.807) is 48.0 Å². The van der Waals surface area contributed by atoms with Crippen molar-refractivity contribution in [2.45, 2.75) is 45.2 Å². The molecule has 1 N–H and O–H groups in total. The number of hydrogen-bond donors (Lipinski definition) is 1. The largest absolute Gasteiger partial charge is 0.340 e. The van der Waals surface area contributed by atoms with Gasteiger partial charge in [-0.25, -0.2) is 0 Å². The third-order valence-electron chi connectivity index (χ3n) is 4.95. The lowest BCUT2D eigenvalue weighted by Gasteiger charge is -2.25. The zero-order chi connectivity index (χ0) is 22.3. The molecule has 0 radical (unpaired) electrons. The average Bonchev–Trinajstić information content (AvgIpc) is 2.70. The maximum Gasteiger partial charge on any atom is 0.253 e. The third kappa shape index (κ3) is 6.78. The van der Waals surface area contributed by atoms with Crippen LogP contribution in [0.25, 0.3) is 0 Å². The molecule has 2 aromatic rings. The van der Waals surface area contributed by atoms with Crippen molar-refractivity contribution in [3.63, 3.8) is 0 Å². The van der Waals surface area contributed by atoms with Gasteiger partial charge < -0.3 is 10.2 Å². The molecule has 2 rings (SSSR count). The summed E-state index contributed by atoms with van der Waals surface area (Å²) in [5, 5.41) is 3.25. The minimum atomic E-state index is -0.597. The van der Waals surface area contributed by atoms with Gasteiger partial charge in [-0.3, -0.25) is 9.59 Å². The Labute approximate surface area is 189 Å². The molecule has 1 atom stereocenters. The molecule has 0 heterocycles. The van der Waals surface area contributed by atoms with Crippen LogP contribution in [0.1, 0.15) is 48.7 Å². The number of benzene rings is 2. The highest BCUT2D eigenvalue weighted by atomic mass is 35.5. The lowest BCUT2D eigenvalue weighted by Crippen LogP contribution is -2.47. The van der Waals surface area contributed by atoms with Crippen molar-refractivity contribution >= 4 is 35.2 Å². The number of carbonyl (C=O) groups is 2. The summed E-state index contributed by atoms with van der Waals surface area (Å²) < 4.78 is 0. The van der Waals surface area contributed by atoms with Gasteiger partial charge in [0, 0.05) is 13.6 Å². The maximum atomic E-state index is 13.1. The highest BCUT2D eigenvalue weighted by Gasteiger charge is 2.25. The Balaban J connectivity index is 2.09. The number of thioether (sulfide) groups is 1. The maximum absolute atomic E-state index is 13.1. The van der Waals surface area contributed by atoms with E-state index in [0.29, 0.717) is 23.6 Å². The molecule has 30 heavy (non-hydrogen) atoms. The molecule has 1 unspecified atom stereocenters. The predicted octanol–water partition coefficient (Wildman–Crippen LogP) is 5.15. The summed E-state index contributed by atoms with van der Waals surface area (Å²) in [6.07, 6.45) is 2.54. The van der Waals surface area contributed by atoms with Crippen LogP contribution >= 0.6 is 23.4 Å².